The van der Waals surface area contributed by atoms with E-state index in [2.05, 4.69) is 10.4 Å². The maximum atomic E-state index is 13.3. The molecule has 0 fully saturated rings. The monoisotopic (exact) mass is 470 g/mol. The van der Waals surface area contributed by atoms with Crippen molar-refractivity contribution in [1.82, 2.24) is 19.7 Å². The number of aromatic nitrogens is 3. The molecule has 0 bridgehead atoms. The van der Waals surface area contributed by atoms with Crippen LogP contribution in [0.15, 0.2) is 82.4 Å². The Labute approximate surface area is 200 Å². The summed E-state index contributed by atoms with van der Waals surface area (Å²) in [4.78, 5) is 39.6. The predicted molar refractivity (Wildman–Crippen MR) is 128 cm³/mol. The first kappa shape index (κ1) is 22.1. The van der Waals surface area contributed by atoms with Gasteiger partial charge in [-0.05, 0) is 47.9 Å². The molecule has 1 amide bonds. The van der Waals surface area contributed by atoms with Crippen molar-refractivity contribution in [3.8, 4) is 17.2 Å². The number of carbonyl (C=O) groups excluding carboxylic acids is 1. The second kappa shape index (κ2) is 9.30. The van der Waals surface area contributed by atoms with E-state index in [1.807, 2.05) is 31.2 Å². The van der Waals surface area contributed by atoms with E-state index in [0.29, 0.717) is 17.2 Å². The van der Waals surface area contributed by atoms with Gasteiger partial charge in [0, 0.05) is 6.54 Å². The molecule has 176 valence electrons. The zero-order chi connectivity index (χ0) is 24.4. The topological polar surface area (TPSA) is 104 Å². The molecular weight excluding hydrogens is 448 g/mol. The van der Waals surface area contributed by atoms with Crippen molar-refractivity contribution >= 4 is 5.91 Å². The number of benzene rings is 3. The van der Waals surface area contributed by atoms with Crippen LogP contribution in [0.4, 0.5) is 0 Å². The average Bonchev–Trinajstić information content (AvgIpc) is 3.35. The molecule has 1 N–H and O–H groups in total. The van der Waals surface area contributed by atoms with Crippen molar-refractivity contribution in [2.24, 2.45) is 0 Å². The normalized spacial score (nSPS) is 11.9. The Balaban J connectivity index is 1.51. The fraction of sp³-hybridized carbons (Fsp3) is 0.154. The maximum Gasteiger partial charge on any atom is 0.352 e. The molecule has 3 aromatic carbocycles. The highest BCUT2D eigenvalue weighted by Crippen LogP contribution is 2.32. The lowest BCUT2D eigenvalue weighted by Crippen LogP contribution is -2.46. The molecule has 9 heteroatoms. The molecule has 0 atom stereocenters. The van der Waals surface area contributed by atoms with Crippen LogP contribution in [0, 0.1) is 6.92 Å². The van der Waals surface area contributed by atoms with E-state index in [0.717, 1.165) is 25.9 Å². The first-order chi connectivity index (χ1) is 17.0. The number of fused-ring (bicyclic) bond motifs is 1. The molecular formula is C26H22N4O5. The number of rotatable bonds is 6. The number of aryl methyl sites for hydroxylation is 1. The number of hydrogen-bond acceptors (Lipinski definition) is 6. The number of hydrogen-bond donors (Lipinski definition) is 1. The molecule has 9 nitrogen and oxygen atoms in total. The van der Waals surface area contributed by atoms with Crippen molar-refractivity contribution in [2.45, 2.75) is 20.0 Å². The van der Waals surface area contributed by atoms with Crippen molar-refractivity contribution in [3.05, 3.63) is 116 Å². The van der Waals surface area contributed by atoms with Crippen LogP contribution < -0.4 is 26.0 Å². The Morgan fingerprint density at radius 1 is 0.971 bits per heavy atom. The number of nitrogens with zero attached hydrogens (tertiary/aromatic N) is 3. The quantitative estimate of drug-likeness (QED) is 0.464. The van der Waals surface area contributed by atoms with Gasteiger partial charge in [0.1, 0.15) is 0 Å². The summed E-state index contributed by atoms with van der Waals surface area (Å²) in [7, 11) is 0. The lowest BCUT2D eigenvalue weighted by molar-refractivity contribution is 0.0941. The van der Waals surface area contributed by atoms with Gasteiger partial charge in [0.05, 0.1) is 12.2 Å². The van der Waals surface area contributed by atoms with E-state index in [1.54, 1.807) is 48.5 Å². The van der Waals surface area contributed by atoms with E-state index in [9.17, 15) is 14.4 Å². The Bertz CT molecular complexity index is 1530. The number of amides is 1. The molecule has 5 rings (SSSR count). The summed E-state index contributed by atoms with van der Waals surface area (Å²) >= 11 is 0. The molecule has 0 aliphatic carbocycles. The van der Waals surface area contributed by atoms with E-state index in [4.69, 9.17) is 9.47 Å². The van der Waals surface area contributed by atoms with Crippen LogP contribution in [0.2, 0.25) is 0 Å². The third-order valence-corrected chi connectivity index (χ3v) is 5.76. The summed E-state index contributed by atoms with van der Waals surface area (Å²) in [5, 5.41) is 6.87. The maximum absolute atomic E-state index is 13.3. The Hall–Kier alpha value is -4.66. The highest BCUT2D eigenvalue weighted by Gasteiger charge is 2.21. The van der Waals surface area contributed by atoms with Crippen LogP contribution in [0.25, 0.3) is 5.69 Å². The van der Waals surface area contributed by atoms with E-state index >= 15 is 0 Å². The van der Waals surface area contributed by atoms with Gasteiger partial charge in [-0.25, -0.2) is 4.79 Å². The fourth-order valence-corrected chi connectivity index (χ4v) is 3.81. The summed E-state index contributed by atoms with van der Waals surface area (Å²) in [6.07, 6.45) is 0. The third-order valence-electron chi connectivity index (χ3n) is 5.76. The van der Waals surface area contributed by atoms with Gasteiger partial charge in [-0.15, -0.1) is 0 Å². The van der Waals surface area contributed by atoms with Crippen LogP contribution in [0.1, 0.15) is 27.2 Å². The predicted octanol–water partition coefficient (Wildman–Crippen LogP) is 2.41. The summed E-state index contributed by atoms with van der Waals surface area (Å²) in [5.41, 5.74) is 1.17. The van der Waals surface area contributed by atoms with Crippen LogP contribution >= 0.6 is 0 Å². The lowest BCUT2D eigenvalue weighted by Gasteiger charge is -2.13. The molecule has 0 saturated heterocycles. The molecule has 35 heavy (non-hydrogen) atoms. The summed E-state index contributed by atoms with van der Waals surface area (Å²) in [6.45, 7) is 2.20. The standard InChI is InChI=1S/C26H22N4O5/c1-17-7-5-6-8-19(17)15-29-25(32)23(28-30(26(29)33)20-9-3-2-4-10-20)24(31)27-14-18-11-12-21-22(13-18)35-16-34-21/h2-13H,14-16H2,1H3,(H,27,31). The van der Waals surface area contributed by atoms with E-state index in [1.165, 1.54) is 0 Å². The van der Waals surface area contributed by atoms with Crippen molar-refractivity contribution in [2.75, 3.05) is 6.79 Å². The van der Waals surface area contributed by atoms with Gasteiger partial charge in [0.2, 0.25) is 12.5 Å². The summed E-state index contributed by atoms with van der Waals surface area (Å²) < 4.78 is 12.8. The van der Waals surface area contributed by atoms with Crippen molar-refractivity contribution in [3.63, 3.8) is 0 Å². The van der Waals surface area contributed by atoms with Gasteiger partial charge in [-0.1, -0.05) is 48.5 Å². The fourth-order valence-electron chi connectivity index (χ4n) is 3.81. The molecule has 1 aliphatic heterocycles. The first-order valence-corrected chi connectivity index (χ1v) is 11.0. The minimum absolute atomic E-state index is 0.0160. The molecule has 0 radical (unpaired) electrons. The molecule has 4 aromatic rings. The minimum atomic E-state index is -0.756. The molecule has 0 saturated carbocycles. The van der Waals surface area contributed by atoms with Gasteiger partial charge >= 0.3 is 5.69 Å². The van der Waals surface area contributed by atoms with Crippen LogP contribution in [-0.2, 0) is 13.1 Å². The Kier molecular flexibility index (Phi) is 5.88. The third kappa shape index (κ3) is 4.43. The van der Waals surface area contributed by atoms with Gasteiger partial charge in [-0.3, -0.25) is 14.2 Å². The zero-order valence-corrected chi connectivity index (χ0v) is 18.9. The number of carbonyl (C=O) groups is 1. The molecule has 1 aromatic heterocycles. The highest BCUT2D eigenvalue weighted by molar-refractivity contribution is 5.91. The molecule has 0 unspecified atom stereocenters. The number of para-hydroxylation sites is 1. The number of ether oxygens (including phenoxy) is 2. The van der Waals surface area contributed by atoms with E-state index in [-0.39, 0.29) is 25.6 Å². The van der Waals surface area contributed by atoms with Crippen molar-refractivity contribution < 1.29 is 14.3 Å². The lowest BCUT2D eigenvalue weighted by atomic mass is 10.1. The summed E-state index contributed by atoms with van der Waals surface area (Å²) in [6, 6.07) is 21.4. The van der Waals surface area contributed by atoms with Crippen LogP contribution in [-0.4, -0.2) is 27.0 Å². The molecule has 0 spiro atoms. The largest absolute Gasteiger partial charge is 0.454 e. The smallest absolute Gasteiger partial charge is 0.352 e. The van der Waals surface area contributed by atoms with Crippen LogP contribution in [0.5, 0.6) is 11.5 Å². The van der Waals surface area contributed by atoms with Gasteiger partial charge in [0.15, 0.2) is 11.5 Å². The van der Waals surface area contributed by atoms with Crippen molar-refractivity contribution in [1.29, 1.82) is 0 Å². The SMILES string of the molecule is Cc1ccccc1Cn1c(=O)c(C(=O)NCc2ccc3c(c2)OCO3)nn(-c2ccccc2)c1=O. The Morgan fingerprint density at radius 2 is 1.71 bits per heavy atom. The first-order valence-electron chi connectivity index (χ1n) is 11.0. The second-order valence-corrected chi connectivity index (χ2v) is 8.07. The molecule has 2 heterocycles. The molecule has 1 aliphatic rings. The van der Waals surface area contributed by atoms with Gasteiger partial charge in [-0.2, -0.15) is 9.78 Å². The highest BCUT2D eigenvalue weighted by atomic mass is 16.7. The zero-order valence-electron chi connectivity index (χ0n) is 18.9. The Morgan fingerprint density at radius 3 is 2.51 bits per heavy atom. The minimum Gasteiger partial charge on any atom is -0.454 e. The van der Waals surface area contributed by atoms with E-state index < -0.39 is 17.2 Å². The number of nitrogens with one attached hydrogen (secondary N) is 1. The van der Waals surface area contributed by atoms with Gasteiger partial charge < -0.3 is 14.8 Å². The summed E-state index contributed by atoms with van der Waals surface area (Å²) in [5.74, 6) is 0.541. The van der Waals surface area contributed by atoms with Crippen LogP contribution in [0.3, 0.4) is 0 Å². The average molecular weight is 470 g/mol. The van der Waals surface area contributed by atoms with Gasteiger partial charge in [0.25, 0.3) is 11.5 Å². The second-order valence-electron chi connectivity index (χ2n) is 8.07.